The molecule has 0 amide bonds. The first-order valence-electron chi connectivity index (χ1n) is 6.99. The van der Waals surface area contributed by atoms with Gasteiger partial charge in [0.2, 0.25) is 0 Å². The number of unbranched alkanes of at least 4 members (excludes halogenated alkanes) is 2. The van der Waals surface area contributed by atoms with E-state index in [0.717, 1.165) is 25.9 Å². The second-order valence-electron chi connectivity index (χ2n) is 5.60. The van der Waals surface area contributed by atoms with Gasteiger partial charge in [-0.2, -0.15) is 0 Å². The van der Waals surface area contributed by atoms with Gasteiger partial charge in [-0.15, -0.1) is 0 Å². The van der Waals surface area contributed by atoms with Crippen molar-refractivity contribution in [1.82, 2.24) is 4.90 Å². The summed E-state index contributed by atoms with van der Waals surface area (Å²) in [6.45, 7) is 8.24. The molecule has 0 heterocycles. The smallest absolute Gasteiger partial charge is 0.307 e. The number of rotatable bonds is 11. The highest BCUT2D eigenvalue weighted by molar-refractivity contribution is 5.69. The van der Waals surface area contributed by atoms with Crippen LogP contribution in [0.3, 0.4) is 0 Å². The Kier molecular flexibility index (Phi) is 9.21. The van der Waals surface area contributed by atoms with Gasteiger partial charge in [-0.3, -0.25) is 9.59 Å². The summed E-state index contributed by atoms with van der Waals surface area (Å²) in [6.07, 6.45) is 2.71. The largest absolute Gasteiger partial charge is 0.481 e. The molecule has 0 spiro atoms. The molecule has 0 aliphatic carbocycles. The third-order valence-corrected chi connectivity index (χ3v) is 2.94. The summed E-state index contributed by atoms with van der Waals surface area (Å²) in [5.41, 5.74) is 0. The summed E-state index contributed by atoms with van der Waals surface area (Å²) < 4.78 is 0. The Hall–Kier alpha value is -1.10. The Bertz CT molecular complexity index is 279. The van der Waals surface area contributed by atoms with Gasteiger partial charge < -0.3 is 15.1 Å². The van der Waals surface area contributed by atoms with Crippen molar-refractivity contribution in [1.29, 1.82) is 0 Å². The van der Waals surface area contributed by atoms with Gasteiger partial charge in [0.15, 0.2) is 0 Å². The summed E-state index contributed by atoms with van der Waals surface area (Å²) in [7, 11) is 0. The van der Waals surface area contributed by atoms with Crippen LogP contribution in [-0.2, 0) is 9.59 Å². The monoisotopic (exact) mass is 273 g/mol. The minimum atomic E-state index is -0.764. The minimum Gasteiger partial charge on any atom is -0.481 e. The maximum atomic E-state index is 10.9. The van der Waals surface area contributed by atoms with Crippen LogP contribution in [0.15, 0.2) is 0 Å². The second kappa shape index (κ2) is 9.78. The molecular weight excluding hydrogens is 246 g/mol. The Balaban J connectivity index is 3.99. The van der Waals surface area contributed by atoms with Gasteiger partial charge in [-0.05, 0) is 25.3 Å². The summed E-state index contributed by atoms with van der Waals surface area (Å²) in [5.74, 6) is -1.38. The fourth-order valence-electron chi connectivity index (χ4n) is 2.03. The van der Waals surface area contributed by atoms with Gasteiger partial charge >= 0.3 is 11.9 Å². The number of carboxylic acids is 2. The molecule has 5 nitrogen and oxygen atoms in total. The van der Waals surface area contributed by atoms with Gasteiger partial charge in [0, 0.05) is 19.5 Å². The third kappa shape index (κ3) is 10.5. The lowest BCUT2D eigenvalue weighted by Gasteiger charge is -2.25. The van der Waals surface area contributed by atoms with E-state index in [0.29, 0.717) is 18.9 Å². The minimum absolute atomic E-state index is 0.218. The number of carboxylic acid groups (broad SMARTS) is 2. The SMILES string of the molecule is CC(C)CN(CCCCCC(=O)O)CC(C)C(=O)O. The van der Waals surface area contributed by atoms with E-state index in [1.165, 1.54) is 0 Å². The van der Waals surface area contributed by atoms with Crippen LogP contribution in [0.5, 0.6) is 0 Å². The first-order chi connectivity index (χ1) is 8.82. The van der Waals surface area contributed by atoms with Crippen molar-refractivity contribution < 1.29 is 19.8 Å². The summed E-state index contributed by atoms with van der Waals surface area (Å²) >= 11 is 0. The second-order valence-corrected chi connectivity index (χ2v) is 5.60. The number of nitrogens with zero attached hydrogens (tertiary/aromatic N) is 1. The first kappa shape index (κ1) is 17.9. The Morgan fingerprint density at radius 2 is 1.63 bits per heavy atom. The van der Waals surface area contributed by atoms with Crippen molar-refractivity contribution in [2.24, 2.45) is 11.8 Å². The van der Waals surface area contributed by atoms with Crippen molar-refractivity contribution in [2.75, 3.05) is 19.6 Å². The molecule has 1 unspecified atom stereocenters. The average molecular weight is 273 g/mol. The molecule has 2 N–H and O–H groups in total. The predicted molar refractivity (Wildman–Crippen MR) is 74.2 cm³/mol. The van der Waals surface area contributed by atoms with Crippen LogP contribution in [0.4, 0.5) is 0 Å². The molecule has 0 saturated heterocycles. The molecule has 0 aromatic heterocycles. The molecule has 0 bridgehead atoms. The highest BCUT2D eigenvalue weighted by atomic mass is 16.4. The van der Waals surface area contributed by atoms with Crippen molar-refractivity contribution in [3.05, 3.63) is 0 Å². The maximum absolute atomic E-state index is 10.9. The van der Waals surface area contributed by atoms with E-state index in [2.05, 4.69) is 18.7 Å². The van der Waals surface area contributed by atoms with E-state index in [1.54, 1.807) is 6.92 Å². The fourth-order valence-corrected chi connectivity index (χ4v) is 2.03. The summed E-state index contributed by atoms with van der Waals surface area (Å²) in [6, 6.07) is 0. The quantitative estimate of drug-likeness (QED) is 0.565. The van der Waals surface area contributed by atoms with Gasteiger partial charge in [0.1, 0.15) is 0 Å². The lowest BCUT2D eigenvalue weighted by molar-refractivity contribution is -0.142. The first-order valence-corrected chi connectivity index (χ1v) is 6.99. The third-order valence-electron chi connectivity index (χ3n) is 2.94. The molecule has 0 aromatic rings. The number of hydrogen-bond acceptors (Lipinski definition) is 3. The number of aliphatic carboxylic acids is 2. The lowest BCUT2D eigenvalue weighted by Crippen LogP contribution is -2.35. The van der Waals surface area contributed by atoms with Gasteiger partial charge in [-0.1, -0.05) is 27.2 Å². The predicted octanol–water partition coefficient (Wildman–Crippen LogP) is 2.31. The molecule has 5 heteroatoms. The Morgan fingerprint density at radius 3 is 2.11 bits per heavy atom. The fraction of sp³-hybridized carbons (Fsp3) is 0.857. The molecule has 0 aromatic carbocycles. The molecule has 0 radical (unpaired) electrons. The van der Waals surface area contributed by atoms with Crippen LogP contribution < -0.4 is 0 Å². The highest BCUT2D eigenvalue weighted by Gasteiger charge is 2.16. The van der Waals surface area contributed by atoms with E-state index < -0.39 is 11.9 Å². The van der Waals surface area contributed by atoms with Crippen molar-refractivity contribution >= 4 is 11.9 Å². The van der Waals surface area contributed by atoms with Gasteiger partial charge in [0.05, 0.1) is 5.92 Å². The van der Waals surface area contributed by atoms with Crippen molar-refractivity contribution in [3.63, 3.8) is 0 Å². The van der Waals surface area contributed by atoms with Crippen LogP contribution >= 0.6 is 0 Å². The molecule has 0 saturated carbocycles. The van der Waals surface area contributed by atoms with E-state index in [9.17, 15) is 9.59 Å². The molecule has 19 heavy (non-hydrogen) atoms. The molecule has 0 rings (SSSR count). The van der Waals surface area contributed by atoms with Crippen LogP contribution in [0, 0.1) is 11.8 Å². The summed E-state index contributed by atoms with van der Waals surface area (Å²) in [5, 5.41) is 17.5. The van der Waals surface area contributed by atoms with Crippen LogP contribution in [0.2, 0.25) is 0 Å². The van der Waals surface area contributed by atoms with Crippen LogP contribution in [0.25, 0.3) is 0 Å². The maximum Gasteiger partial charge on any atom is 0.307 e. The molecule has 112 valence electrons. The number of carbonyl (C=O) groups is 2. The zero-order chi connectivity index (χ0) is 14.8. The van der Waals surface area contributed by atoms with E-state index in [1.807, 2.05) is 0 Å². The summed E-state index contributed by atoms with van der Waals surface area (Å²) in [4.78, 5) is 23.4. The van der Waals surface area contributed by atoms with E-state index in [4.69, 9.17) is 10.2 Å². The van der Waals surface area contributed by atoms with Crippen molar-refractivity contribution in [2.45, 2.75) is 46.5 Å². The standard InChI is InChI=1S/C14H27NO4/c1-11(2)9-15(10-12(3)14(18)19)8-6-4-5-7-13(16)17/h11-12H,4-10H2,1-3H3,(H,16,17)(H,18,19). The van der Waals surface area contributed by atoms with E-state index in [-0.39, 0.29) is 12.3 Å². The van der Waals surface area contributed by atoms with Crippen LogP contribution in [-0.4, -0.2) is 46.7 Å². The molecule has 0 fully saturated rings. The highest BCUT2D eigenvalue weighted by Crippen LogP contribution is 2.08. The zero-order valence-electron chi connectivity index (χ0n) is 12.3. The van der Waals surface area contributed by atoms with Crippen molar-refractivity contribution in [3.8, 4) is 0 Å². The Morgan fingerprint density at radius 1 is 1.00 bits per heavy atom. The molecule has 0 aliphatic rings. The lowest BCUT2D eigenvalue weighted by atomic mass is 10.1. The zero-order valence-corrected chi connectivity index (χ0v) is 12.3. The normalized spacial score (nSPS) is 12.9. The topological polar surface area (TPSA) is 77.8 Å². The molecule has 0 aliphatic heterocycles. The average Bonchev–Trinajstić information content (AvgIpc) is 2.26. The molecular formula is C14H27NO4. The van der Waals surface area contributed by atoms with Gasteiger partial charge in [-0.25, -0.2) is 0 Å². The van der Waals surface area contributed by atoms with E-state index >= 15 is 0 Å². The number of hydrogen-bond donors (Lipinski definition) is 2. The molecule has 1 atom stereocenters. The van der Waals surface area contributed by atoms with Gasteiger partial charge in [0.25, 0.3) is 0 Å². The Labute approximate surface area is 115 Å². The van der Waals surface area contributed by atoms with Crippen LogP contribution in [0.1, 0.15) is 46.5 Å².